The molecule has 0 heterocycles. The van der Waals surface area contributed by atoms with Gasteiger partial charge in [-0.3, -0.25) is 0 Å². The Hall–Kier alpha value is 0.537. The van der Waals surface area contributed by atoms with E-state index in [1.165, 1.54) is 12.8 Å². The first-order valence-electron chi connectivity index (χ1n) is 4.11. The third kappa shape index (κ3) is 1.66. The average molecular weight is 206 g/mol. The van der Waals surface area contributed by atoms with E-state index in [-0.39, 0.29) is 0 Å². The van der Waals surface area contributed by atoms with Crippen molar-refractivity contribution >= 4 is 29.6 Å². The standard InChI is InChI=1S/C8H11Cl2Si/c9-11(10)5-8-4-6-1-2-7(8)3-6/h1-2,6-8H,3-5H2. The van der Waals surface area contributed by atoms with Crippen molar-refractivity contribution in [2.45, 2.75) is 18.9 Å². The summed E-state index contributed by atoms with van der Waals surface area (Å²) in [6.07, 6.45) is 7.43. The molecule has 2 rings (SSSR count). The SMILES string of the molecule is Cl[Si](Cl)CC1CC2C=CC1C2. The molecule has 0 aromatic heterocycles. The van der Waals surface area contributed by atoms with Crippen molar-refractivity contribution in [3.8, 4) is 0 Å². The minimum Gasteiger partial charge on any atom is -0.147 e. The third-order valence-corrected chi connectivity index (χ3v) is 4.59. The zero-order chi connectivity index (χ0) is 7.84. The lowest BCUT2D eigenvalue weighted by Gasteiger charge is -2.16. The highest BCUT2D eigenvalue weighted by Crippen LogP contribution is 2.45. The van der Waals surface area contributed by atoms with Gasteiger partial charge < -0.3 is 0 Å². The fourth-order valence-electron chi connectivity index (χ4n) is 2.33. The summed E-state index contributed by atoms with van der Waals surface area (Å²) in [6, 6.07) is 1.08. The first-order valence-corrected chi connectivity index (χ1v) is 7.84. The maximum atomic E-state index is 5.84. The molecule has 11 heavy (non-hydrogen) atoms. The molecule has 1 radical (unpaired) electrons. The number of allylic oxidation sites excluding steroid dienone is 2. The summed E-state index contributed by atoms with van der Waals surface area (Å²) < 4.78 is 0. The molecule has 1 fully saturated rings. The molecule has 0 N–H and O–H groups in total. The van der Waals surface area contributed by atoms with Crippen LogP contribution in [-0.2, 0) is 0 Å². The molecule has 61 valence electrons. The van der Waals surface area contributed by atoms with Crippen LogP contribution >= 0.6 is 22.2 Å². The maximum Gasteiger partial charge on any atom is 0.274 e. The van der Waals surface area contributed by atoms with E-state index in [2.05, 4.69) is 12.2 Å². The van der Waals surface area contributed by atoms with E-state index in [1.54, 1.807) is 0 Å². The van der Waals surface area contributed by atoms with Gasteiger partial charge in [0.05, 0.1) is 0 Å². The molecule has 3 heteroatoms. The minimum absolute atomic E-state index is 0.814. The summed E-state index contributed by atoms with van der Waals surface area (Å²) in [5.41, 5.74) is 0. The summed E-state index contributed by atoms with van der Waals surface area (Å²) >= 11 is 11.7. The van der Waals surface area contributed by atoms with Crippen molar-refractivity contribution in [2.75, 3.05) is 0 Å². The Bertz CT molecular complexity index is 179. The van der Waals surface area contributed by atoms with Crippen LogP contribution in [0.5, 0.6) is 0 Å². The topological polar surface area (TPSA) is 0 Å². The largest absolute Gasteiger partial charge is 0.274 e. The summed E-state index contributed by atoms with van der Waals surface area (Å²) in [6.45, 7) is 0. The van der Waals surface area contributed by atoms with Crippen molar-refractivity contribution in [3.05, 3.63) is 12.2 Å². The predicted molar refractivity (Wildman–Crippen MR) is 51.1 cm³/mol. The van der Waals surface area contributed by atoms with E-state index >= 15 is 0 Å². The molecule has 2 aliphatic rings. The molecule has 2 bridgehead atoms. The first kappa shape index (κ1) is 8.15. The fraction of sp³-hybridized carbons (Fsp3) is 0.750. The molecule has 2 aliphatic carbocycles. The van der Waals surface area contributed by atoms with Crippen LogP contribution in [0.25, 0.3) is 0 Å². The molecule has 0 nitrogen and oxygen atoms in total. The van der Waals surface area contributed by atoms with Crippen LogP contribution in [0.3, 0.4) is 0 Å². The molecule has 3 atom stereocenters. The van der Waals surface area contributed by atoms with Gasteiger partial charge in [0.25, 0.3) is 7.42 Å². The first-order chi connectivity index (χ1) is 5.25. The quantitative estimate of drug-likeness (QED) is 0.370. The Balaban J connectivity index is 1.93. The van der Waals surface area contributed by atoms with Gasteiger partial charge in [0, 0.05) is 0 Å². The third-order valence-electron chi connectivity index (χ3n) is 2.83. The van der Waals surface area contributed by atoms with Crippen LogP contribution in [0, 0.1) is 17.8 Å². The Kier molecular flexibility index (Phi) is 2.31. The Morgan fingerprint density at radius 2 is 2.09 bits per heavy atom. The molecule has 3 unspecified atom stereocenters. The highest BCUT2D eigenvalue weighted by Gasteiger charge is 2.36. The van der Waals surface area contributed by atoms with Gasteiger partial charge in [-0.25, -0.2) is 0 Å². The van der Waals surface area contributed by atoms with Gasteiger partial charge in [0.15, 0.2) is 0 Å². The second-order valence-corrected chi connectivity index (χ2v) is 7.99. The molecule has 0 aromatic rings. The van der Waals surface area contributed by atoms with E-state index in [0.29, 0.717) is 0 Å². The normalized spacial score (nSPS) is 40.8. The van der Waals surface area contributed by atoms with E-state index in [1.807, 2.05) is 0 Å². The lowest BCUT2D eigenvalue weighted by molar-refractivity contribution is 0.492. The van der Waals surface area contributed by atoms with Gasteiger partial charge in [0.2, 0.25) is 0 Å². The van der Waals surface area contributed by atoms with E-state index in [4.69, 9.17) is 22.2 Å². The van der Waals surface area contributed by atoms with Gasteiger partial charge in [-0.05, 0) is 36.6 Å². The van der Waals surface area contributed by atoms with Gasteiger partial charge in [-0.2, -0.15) is 0 Å². The lowest BCUT2D eigenvalue weighted by Crippen LogP contribution is -2.11. The van der Waals surface area contributed by atoms with Crippen LogP contribution in [0.4, 0.5) is 0 Å². The summed E-state index contributed by atoms with van der Waals surface area (Å²) in [7, 11) is -1.03. The molecule has 0 aromatic carbocycles. The molecule has 0 amide bonds. The van der Waals surface area contributed by atoms with Crippen molar-refractivity contribution in [1.29, 1.82) is 0 Å². The number of hydrogen-bond donors (Lipinski definition) is 0. The summed E-state index contributed by atoms with van der Waals surface area (Å²) in [5.74, 6) is 2.49. The highest BCUT2D eigenvalue weighted by molar-refractivity contribution is 7.33. The van der Waals surface area contributed by atoms with Crippen LogP contribution in [0.1, 0.15) is 12.8 Å². The van der Waals surface area contributed by atoms with Gasteiger partial charge >= 0.3 is 0 Å². The molecule has 0 spiro atoms. The molecule has 1 saturated carbocycles. The van der Waals surface area contributed by atoms with Gasteiger partial charge in [-0.15, -0.1) is 22.2 Å². The minimum atomic E-state index is -1.03. The van der Waals surface area contributed by atoms with Crippen LogP contribution < -0.4 is 0 Å². The zero-order valence-corrected chi connectivity index (χ0v) is 8.78. The molecular weight excluding hydrogens is 195 g/mol. The number of rotatable bonds is 2. The Labute approximate surface area is 78.6 Å². The number of fused-ring (bicyclic) bond motifs is 2. The summed E-state index contributed by atoms with van der Waals surface area (Å²) in [5, 5.41) is 0. The van der Waals surface area contributed by atoms with E-state index in [9.17, 15) is 0 Å². The highest BCUT2D eigenvalue weighted by atomic mass is 35.7. The zero-order valence-electron chi connectivity index (χ0n) is 6.26. The number of halogens is 2. The second kappa shape index (κ2) is 3.12. The van der Waals surface area contributed by atoms with Crippen LogP contribution in [0.2, 0.25) is 6.04 Å². The van der Waals surface area contributed by atoms with Crippen LogP contribution in [-0.4, -0.2) is 7.42 Å². The average Bonchev–Trinajstić information content (AvgIpc) is 2.45. The fourth-order valence-corrected chi connectivity index (χ4v) is 4.38. The molecular formula is C8H11Cl2Si. The van der Waals surface area contributed by atoms with E-state index in [0.717, 1.165) is 23.8 Å². The van der Waals surface area contributed by atoms with E-state index < -0.39 is 7.42 Å². The van der Waals surface area contributed by atoms with Crippen molar-refractivity contribution < 1.29 is 0 Å². The summed E-state index contributed by atoms with van der Waals surface area (Å²) in [4.78, 5) is 0. The molecule has 0 saturated heterocycles. The Morgan fingerprint density at radius 1 is 1.27 bits per heavy atom. The Morgan fingerprint density at radius 3 is 2.55 bits per heavy atom. The molecule has 0 aliphatic heterocycles. The van der Waals surface area contributed by atoms with Gasteiger partial charge in [-0.1, -0.05) is 12.2 Å². The second-order valence-electron chi connectivity index (χ2n) is 3.58. The predicted octanol–water partition coefficient (Wildman–Crippen LogP) is 3.16. The smallest absolute Gasteiger partial charge is 0.147 e. The van der Waals surface area contributed by atoms with Crippen molar-refractivity contribution in [2.24, 2.45) is 17.8 Å². The number of hydrogen-bond acceptors (Lipinski definition) is 0. The van der Waals surface area contributed by atoms with Crippen molar-refractivity contribution in [3.63, 3.8) is 0 Å². The van der Waals surface area contributed by atoms with Crippen LogP contribution in [0.15, 0.2) is 12.2 Å². The van der Waals surface area contributed by atoms with Crippen molar-refractivity contribution in [1.82, 2.24) is 0 Å². The van der Waals surface area contributed by atoms with Gasteiger partial charge in [0.1, 0.15) is 0 Å². The monoisotopic (exact) mass is 205 g/mol. The maximum absolute atomic E-state index is 5.84. The lowest BCUT2D eigenvalue weighted by atomic mass is 9.96.